The summed E-state index contributed by atoms with van der Waals surface area (Å²) >= 11 is 1.80. The van der Waals surface area contributed by atoms with Crippen LogP contribution in [0.15, 0.2) is 52.8 Å². The molecular formula is C29H34F5N5S. The molecule has 216 valence electrons. The summed E-state index contributed by atoms with van der Waals surface area (Å²) in [6.45, 7) is 4.43. The molecule has 0 spiro atoms. The Labute approximate surface area is 236 Å². The van der Waals surface area contributed by atoms with Gasteiger partial charge in [0.1, 0.15) is 5.71 Å². The summed E-state index contributed by atoms with van der Waals surface area (Å²) in [5.74, 6) is -1.14. The predicted octanol–water partition coefficient (Wildman–Crippen LogP) is 7.44. The summed E-state index contributed by atoms with van der Waals surface area (Å²) in [4.78, 5) is 7.01. The molecule has 0 unspecified atom stereocenters. The molecule has 0 amide bonds. The van der Waals surface area contributed by atoms with E-state index in [0.29, 0.717) is 35.9 Å². The fourth-order valence-corrected chi connectivity index (χ4v) is 6.97. The first-order valence-corrected chi connectivity index (χ1v) is 14.7. The second-order valence-corrected chi connectivity index (χ2v) is 12.2. The Morgan fingerprint density at radius 3 is 2.35 bits per heavy atom. The van der Waals surface area contributed by atoms with Gasteiger partial charge in [-0.25, -0.2) is 8.78 Å². The number of halogens is 5. The van der Waals surface area contributed by atoms with Crippen LogP contribution in [0.5, 0.6) is 0 Å². The SMILES string of the molecule is Cc1cccc(N(Cc2ccc(C3=NN=C(C(F)F)C3)cn2)SC2CCN(C3CCC(C(F)(F)F)CC3)CC2)c1. The van der Waals surface area contributed by atoms with E-state index in [1.54, 1.807) is 18.1 Å². The molecule has 5 nitrogen and oxygen atoms in total. The highest BCUT2D eigenvalue weighted by Crippen LogP contribution is 2.40. The molecule has 1 aromatic heterocycles. The fraction of sp³-hybridized carbons (Fsp3) is 0.552. The number of rotatable bonds is 8. The maximum atomic E-state index is 13.1. The van der Waals surface area contributed by atoms with Crippen molar-refractivity contribution in [3.63, 3.8) is 0 Å². The Balaban J connectivity index is 1.19. The van der Waals surface area contributed by atoms with Gasteiger partial charge in [-0.05, 0) is 100 Å². The van der Waals surface area contributed by atoms with Crippen LogP contribution >= 0.6 is 11.9 Å². The number of aryl methyl sites for hydroxylation is 1. The van der Waals surface area contributed by atoms with Gasteiger partial charge in [0.2, 0.25) is 0 Å². The molecule has 2 fully saturated rings. The van der Waals surface area contributed by atoms with E-state index >= 15 is 0 Å². The van der Waals surface area contributed by atoms with Crippen LogP contribution in [0.2, 0.25) is 0 Å². The van der Waals surface area contributed by atoms with Crippen molar-refractivity contribution in [1.29, 1.82) is 0 Å². The van der Waals surface area contributed by atoms with Gasteiger partial charge in [-0.1, -0.05) is 12.1 Å². The number of hydrogen-bond acceptors (Lipinski definition) is 6. The minimum absolute atomic E-state index is 0.0342. The Hall–Kier alpha value is -2.53. The number of aromatic nitrogens is 1. The Kier molecular flexibility index (Phi) is 9.09. The third-order valence-corrected chi connectivity index (χ3v) is 9.45. The highest BCUT2D eigenvalue weighted by molar-refractivity contribution is 8.01. The molecule has 1 saturated carbocycles. The van der Waals surface area contributed by atoms with Crippen molar-refractivity contribution in [2.75, 3.05) is 17.4 Å². The number of anilines is 1. The van der Waals surface area contributed by atoms with Gasteiger partial charge < -0.3 is 9.21 Å². The topological polar surface area (TPSA) is 44.1 Å². The quantitative estimate of drug-likeness (QED) is 0.241. The number of likely N-dealkylation sites (tertiary alicyclic amines) is 1. The zero-order valence-corrected chi connectivity index (χ0v) is 23.3. The second kappa shape index (κ2) is 12.5. The van der Waals surface area contributed by atoms with Crippen molar-refractivity contribution in [1.82, 2.24) is 9.88 Å². The molecule has 3 heterocycles. The molecule has 0 bridgehead atoms. The zero-order valence-electron chi connectivity index (χ0n) is 22.5. The normalized spacial score (nSPS) is 22.9. The molecule has 1 aromatic carbocycles. The van der Waals surface area contributed by atoms with Crippen LogP contribution in [-0.4, -0.2) is 58.3 Å². The highest BCUT2D eigenvalue weighted by Gasteiger charge is 2.42. The Morgan fingerprint density at radius 2 is 1.75 bits per heavy atom. The van der Waals surface area contributed by atoms with Crippen LogP contribution in [0.25, 0.3) is 0 Å². The average molecular weight is 580 g/mol. The number of alkyl halides is 5. The van der Waals surface area contributed by atoms with Crippen LogP contribution < -0.4 is 4.31 Å². The lowest BCUT2D eigenvalue weighted by Gasteiger charge is -2.41. The van der Waals surface area contributed by atoms with Gasteiger partial charge in [-0.15, -0.1) is 0 Å². The van der Waals surface area contributed by atoms with E-state index in [2.05, 4.69) is 49.5 Å². The summed E-state index contributed by atoms with van der Waals surface area (Å²) in [6.07, 6.45) is -1.29. The Morgan fingerprint density at radius 1 is 1.00 bits per heavy atom. The number of piperidine rings is 1. The van der Waals surface area contributed by atoms with Crippen LogP contribution in [0.1, 0.15) is 61.8 Å². The molecular weight excluding hydrogens is 545 g/mol. The van der Waals surface area contributed by atoms with E-state index in [-0.39, 0.29) is 31.0 Å². The molecule has 1 aliphatic carbocycles. The lowest BCUT2D eigenvalue weighted by molar-refractivity contribution is -0.184. The minimum Gasteiger partial charge on any atom is -0.310 e. The number of pyridine rings is 1. The first kappa shape index (κ1) is 29.0. The third-order valence-electron chi connectivity index (χ3n) is 8.08. The number of benzene rings is 1. The first-order chi connectivity index (χ1) is 19.2. The lowest BCUT2D eigenvalue weighted by atomic mass is 9.84. The zero-order chi connectivity index (χ0) is 28.3. The van der Waals surface area contributed by atoms with Gasteiger partial charge in [0.25, 0.3) is 6.43 Å². The molecule has 2 aromatic rings. The molecule has 0 N–H and O–H groups in total. The fourth-order valence-electron chi connectivity index (χ4n) is 5.75. The van der Waals surface area contributed by atoms with Gasteiger partial charge in [-0.2, -0.15) is 23.4 Å². The van der Waals surface area contributed by atoms with Crippen molar-refractivity contribution in [2.24, 2.45) is 16.1 Å². The van der Waals surface area contributed by atoms with Crippen molar-refractivity contribution in [3.8, 4) is 0 Å². The summed E-state index contributed by atoms with van der Waals surface area (Å²) in [6, 6.07) is 12.3. The van der Waals surface area contributed by atoms with Crippen molar-refractivity contribution in [3.05, 3.63) is 59.4 Å². The number of nitrogens with zero attached hydrogens (tertiary/aromatic N) is 5. The Bertz CT molecular complexity index is 1200. The summed E-state index contributed by atoms with van der Waals surface area (Å²) in [5.41, 5.74) is 4.06. The average Bonchev–Trinajstić information content (AvgIpc) is 3.44. The second-order valence-electron chi connectivity index (χ2n) is 10.9. The molecule has 5 rings (SSSR count). The summed E-state index contributed by atoms with van der Waals surface area (Å²) < 4.78 is 67.3. The van der Waals surface area contributed by atoms with Crippen LogP contribution in [0.3, 0.4) is 0 Å². The van der Waals surface area contributed by atoms with Gasteiger partial charge in [-0.3, -0.25) is 4.98 Å². The van der Waals surface area contributed by atoms with E-state index in [4.69, 9.17) is 0 Å². The monoisotopic (exact) mass is 579 g/mol. The number of hydrogen-bond donors (Lipinski definition) is 0. The van der Waals surface area contributed by atoms with Crippen molar-refractivity contribution >= 4 is 29.1 Å². The van der Waals surface area contributed by atoms with E-state index < -0.39 is 18.5 Å². The molecule has 11 heteroatoms. The lowest BCUT2D eigenvalue weighted by Crippen LogP contribution is -2.45. The minimum atomic E-state index is -4.07. The van der Waals surface area contributed by atoms with Crippen molar-refractivity contribution < 1.29 is 22.0 Å². The maximum Gasteiger partial charge on any atom is 0.391 e. The van der Waals surface area contributed by atoms with E-state index in [1.807, 2.05) is 18.2 Å². The van der Waals surface area contributed by atoms with Crippen LogP contribution in [0, 0.1) is 12.8 Å². The highest BCUT2D eigenvalue weighted by atomic mass is 32.2. The van der Waals surface area contributed by atoms with Crippen LogP contribution in [-0.2, 0) is 6.54 Å². The van der Waals surface area contributed by atoms with E-state index in [1.165, 1.54) is 0 Å². The smallest absolute Gasteiger partial charge is 0.310 e. The third kappa shape index (κ3) is 7.21. The standard InChI is InChI=1S/C29H34F5N5S/c1-19-3-2-4-24(15-19)39(18-22-8-5-20(17-35-22)26-16-27(28(30)31)37-36-26)40-25-11-13-38(14-12-25)23-9-6-21(7-10-23)29(32,33)34/h2-5,8,15,17,21,23,25,28H,6-7,9-14,16,18H2,1H3. The van der Waals surface area contributed by atoms with Gasteiger partial charge >= 0.3 is 6.18 Å². The molecule has 0 atom stereocenters. The summed E-state index contributed by atoms with van der Waals surface area (Å²) in [5, 5.41) is 7.88. The van der Waals surface area contributed by atoms with Crippen molar-refractivity contribution in [2.45, 2.75) is 82.3 Å². The van der Waals surface area contributed by atoms with E-state index in [0.717, 1.165) is 42.9 Å². The summed E-state index contributed by atoms with van der Waals surface area (Å²) in [7, 11) is 0. The molecule has 2 aliphatic heterocycles. The van der Waals surface area contributed by atoms with Gasteiger partial charge in [0, 0.05) is 35.2 Å². The van der Waals surface area contributed by atoms with Gasteiger partial charge in [0.05, 0.1) is 23.9 Å². The maximum absolute atomic E-state index is 13.1. The first-order valence-electron chi connectivity index (χ1n) is 13.8. The van der Waals surface area contributed by atoms with Crippen LogP contribution in [0.4, 0.5) is 27.6 Å². The predicted molar refractivity (Wildman–Crippen MR) is 150 cm³/mol. The largest absolute Gasteiger partial charge is 0.391 e. The van der Waals surface area contributed by atoms with E-state index in [9.17, 15) is 22.0 Å². The molecule has 0 radical (unpaired) electrons. The molecule has 1 saturated heterocycles. The van der Waals surface area contributed by atoms with Gasteiger partial charge in [0.15, 0.2) is 0 Å². The molecule has 3 aliphatic rings. The molecule has 40 heavy (non-hydrogen) atoms.